The third-order valence-electron chi connectivity index (χ3n) is 5.11. The predicted molar refractivity (Wildman–Crippen MR) is 111 cm³/mol. The fraction of sp³-hybridized carbons (Fsp3) is 0.304. The molecule has 6 heteroatoms. The number of phenols is 1. The zero-order valence-corrected chi connectivity index (χ0v) is 16.9. The summed E-state index contributed by atoms with van der Waals surface area (Å²) in [6.45, 7) is 5.74. The lowest BCUT2D eigenvalue weighted by molar-refractivity contribution is 0.287. The van der Waals surface area contributed by atoms with Crippen molar-refractivity contribution in [2.45, 2.75) is 26.4 Å². The van der Waals surface area contributed by atoms with E-state index in [-0.39, 0.29) is 11.8 Å². The smallest absolute Gasteiger partial charge is 0.163 e. The van der Waals surface area contributed by atoms with Crippen LogP contribution in [0.25, 0.3) is 5.69 Å². The number of methoxy groups -OCH3 is 1. The maximum Gasteiger partial charge on any atom is 0.163 e. The Morgan fingerprint density at radius 2 is 1.79 bits per heavy atom. The quantitative estimate of drug-likeness (QED) is 0.657. The fourth-order valence-corrected chi connectivity index (χ4v) is 3.83. The number of benzene rings is 2. The number of nitrogens with zero attached hydrogens (tertiary/aromatic N) is 1. The lowest BCUT2D eigenvalue weighted by atomic mass is 10.0. The molecule has 0 fully saturated rings. The van der Waals surface area contributed by atoms with E-state index in [4.69, 9.17) is 14.2 Å². The fourth-order valence-electron chi connectivity index (χ4n) is 3.83. The van der Waals surface area contributed by atoms with Crippen LogP contribution in [0, 0.1) is 0 Å². The Bertz CT molecular complexity index is 1010. The molecule has 2 N–H and O–H groups in total. The topological polar surface area (TPSA) is 64.9 Å². The number of nitrogens with one attached hydrogen (secondary N) is 1. The number of ether oxygens (including phenoxy) is 3. The number of aromatic hydroxyl groups is 1. The first-order valence-corrected chi connectivity index (χ1v) is 9.86. The first kappa shape index (κ1) is 19.2. The molecule has 29 heavy (non-hydrogen) atoms. The van der Waals surface area contributed by atoms with Crippen LogP contribution in [-0.2, 0) is 6.54 Å². The number of hydrogen-bond acceptors (Lipinski definition) is 5. The molecule has 0 unspecified atom stereocenters. The summed E-state index contributed by atoms with van der Waals surface area (Å²) in [6, 6.07) is 13.6. The number of phenolic OH excluding ortho intramolecular Hbond substituents is 1. The van der Waals surface area contributed by atoms with Gasteiger partial charge in [-0.2, -0.15) is 0 Å². The molecule has 1 atom stereocenters. The van der Waals surface area contributed by atoms with Gasteiger partial charge in [-0.1, -0.05) is 6.07 Å². The SMILES string of the molecule is CCOc1cc2c(cc1OCC)-n1cccc1[C@@H](c1ccc(OC)c(O)c1)NC2. The summed E-state index contributed by atoms with van der Waals surface area (Å²) >= 11 is 0. The van der Waals surface area contributed by atoms with Crippen molar-refractivity contribution >= 4 is 0 Å². The second-order valence-corrected chi connectivity index (χ2v) is 6.84. The van der Waals surface area contributed by atoms with Gasteiger partial charge in [-0.15, -0.1) is 0 Å². The normalized spacial score (nSPS) is 15.2. The summed E-state index contributed by atoms with van der Waals surface area (Å²) < 4.78 is 19.0. The predicted octanol–water partition coefficient (Wildman–Crippen LogP) is 4.18. The van der Waals surface area contributed by atoms with Gasteiger partial charge in [-0.05, 0) is 55.3 Å². The standard InChI is InChI=1S/C23H26N2O4/c1-4-28-21-12-16-14-24-23(15-8-9-20(27-3)19(26)11-15)17-7-6-10-25(17)18(16)13-22(21)29-5-2/h6-13,23-24,26H,4-5,14H2,1-3H3/t23-/m1/s1. The summed E-state index contributed by atoms with van der Waals surface area (Å²) in [5.41, 5.74) is 4.23. The number of rotatable bonds is 6. The minimum absolute atomic E-state index is 0.0831. The average molecular weight is 394 g/mol. The van der Waals surface area contributed by atoms with Gasteiger partial charge in [-0.25, -0.2) is 0 Å². The van der Waals surface area contributed by atoms with Crippen LogP contribution < -0.4 is 19.5 Å². The summed E-state index contributed by atoms with van der Waals surface area (Å²) in [5, 5.41) is 13.9. The molecule has 0 aliphatic carbocycles. The first-order chi connectivity index (χ1) is 14.2. The highest BCUT2D eigenvalue weighted by Crippen LogP contribution is 2.38. The van der Waals surface area contributed by atoms with Crippen molar-refractivity contribution in [1.29, 1.82) is 0 Å². The number of hydrogen-bond donors (Lipinski definition) is 2. The lowest BCUT2D eigenvalue weighted by Gasteiger charge is -2.19. The molecule has 152 valence electrons. The largest absolute Gasteiger partial charge is 0.504 e. The Kier molecular flexibility index (Phi) is 5.36. The van der Waals surface area contributed by atoms with E-state index in [0.29, 0.717) is 25.5 Å². The van der Waals surface area contributed by atoms with E-state index in [1.54, 1.807) is 19.2 Å². The van der Waals surface area contributed by atoms with Gasteiger partial charge in [0.2, 0.25) is 0 Å². The van der Waals surface area contributed by atoms with Crippen molar-refractivity contribution in [3.8, 4) is 28.7 Å². The van der Waals surface area contributed by atoms with Crippen LogP contribution in [0.3, 0.4) is 0 Å². The molecule has 0 bridgehead atoms. The molecule has 0 saturated carbocycles. The molecule has 3 aromatic rings. The number of fused-ring (bicyclic) bond motifs is 3. The van der Waals surface area contributed by atoms with E-state index in [2.05, 4.69) is 22.0 Å². The molecular weight excluding hydrogens is 368 g/mol. The summed E-state index contributed by atoms with van der Waals surface area (Å²) in [4.78, 5) is 0. The van der Waals surface area contributed by atoms with Gasteiger partial charge in [0.25, 0.3) is 0 Å². The Balaban J connectivity index is 1.80. The average Bonchev–Trinajstić information content (AvgIpc) is 3.14. The van der Waals surface area contributed by atoms with Gasteiger partial charge in [0.15, 0.2) is 23.0 Å². The van der Waals surface area contributed by atoms with E-state index < -0.39 is 0 Å². The summed E-state index contributed by atoms with van der Waals surface area (Å²) in [7, 11) is 1.55. The summed E-state index contributed by atoms with van der Waals surface area (Å²) in [5.74, 6) is 2.09. The Hall–Kier alpha value is -3.12. The van der Waals surface area contributed by atoms with Crippen LogP contribution in [0.5, 0.6) is 23.0 Å². The molecule has 0 spiro atoms. The molecule has 2 aromatic carbocycles. The van der Waals surface area contributed by atoms with Gasteiger partial charge >= 0.3 is 0 Å². The van der Waals surface area contributed by atoms with Crippen molar-refractivity contribution in [1.82, 2.24) is 9.88 Å². The highest BCUT2D eigenvalue weighted by atomic mass is 16.5. The highest BCUT2D eigenvalue weighted by Gasteiger charge is 2.25. The van der Waals surface area contributed by atoms with Gasteiger partial charge < -0.3 is 29.2 Å². The highest BCUT2D eigenvalue weighted by molar-refractivity contribution is 5.57. The minimum atomic E-state index is -0.0831. The molecule has 0 saturated heterocycles. The maximum absolute atomic E-state index is 10.3. The molecular formula is C23H26N2O4. The molecule has 4 rings (SSSR count). The van der Waals surface area contributed by atoms with E-state index in [9.17, 15) is 5.11 Å². The molecule has 1 aromatic heterocycles. The first-order valence-electron chi connectivity index (χ1n) is 9.86. The van der Waals surface area contributed by atoms with Crippen molar-refractivity contribution < 1.29 is 19.3 Å². The van der Waals surface area contributed by atoms with Gasteiger partial charge in [0, 0.05) is 24.5 Å². The molecule has 1 aliphatic heterocycles. The van der Waals surface area contributed by atoms with Crippen LogP contribution in [-0.4, -0.2) is 30.0 Å². The molecule has 2 heterocycles. The van der Waals surface area contributed by atoms with E-state index in [1.165, 1.54) is 0 Å². The monoisotopic (exact) mass is 394 g/mol. The molecule has 0 radical (unpaired) electrons. The van der Waals surface area contributed by atoms with E-state index in [1.807, 2.05) is 38.2 Å². The van der Waals surface area contributed by atoms with Crippen molar-refractivity contribution in [2.75, 3.05) is 20.3 Å². The molecule has 6 nitrogen and oxygen atoms in total. The van der Waals surface area contributed by atoms with Crippen LogP contribution in [0.2, 0.25) is 0 Å². The second kappa shape index (κ2) is 8.09. The van der Waals surface area contributed by atoms with Crippen LogP contribution in [0.15, 0.2) is 48.7 Å². The second-order valence-electron chi connectivity index (χ2n) is 6.84. The van der Waals surface area contributed by atoms with Gasteiger partial charge in [0.05, 0.1) is 32.1 Å². The zero-order chi connectivity index (χ0) is 20.4. The minimum Gasteiger partial charge on any atom is -0.504 e. The molecule has 0 amide bonds. The van der Waals surface area contributed by atoms with Gasteiger partial charge in [-0.3, -0.25) is 0 Å². The molecule has 1 aliphatic rings. The van der Waals surface area contributed by atoms with Crippen molar-refractivity contribution in [2.24, 2.45) is 0 Å². The van der Waals surface area contributed by atoms with E-state index in [0.717, 1.165) is 34.0 Å². The summed E-state index contributed by atoms with van der Waals surface area (Å²) in [6.07, 6.45) is 2.05. The van der Waals surface area contributed by atoms with Crippen LogP contribution in [0.1, 0.15) is 36.7 Å². The maximum atomic E-state index is 10.3. The van der Waals surface area contributed by atoms with Crippen LogP contribution >= 0.6 is 0 Å². The van der Waals surface area contributed by atoms with E-state index >= 15 is 0 Å². The zero-order valence-electron chi connectivity index (χ0n) is 16.9. The van der Waals surface area contributed by atoms with Crippen LogP contribution in [0.4, 0.5) is 0 Å². The third kappa shape index (κ3) is 3.51. The Morgan fingerprint density at radius 1 is 1.03 bits per heavy atom. The number of aromatic nitrogens is 1. The Labute approximate surface area is 170 Å². The Morgan fingerprint density at radius 3 is 2.48 bits per heavy atom. The third-order valence-corrected chi connectivity index (χ3v) is 5.11. The lowest BCUT2D eigenvalue weighted by Crippen LogP contribution is -2.21. The van der Waals surface area contributed by atoms with Gasteiger partial charge in [0.1, 0.15) is 0 Å². The van der Waals surface area contributed by atoms with Crippen molar-refractivity contribution in [3.63, 3.8) is 0 Å². The van der Waals surface area contributed by atoms with Crippen molar-refractivity contribution in [3.05, 3.63) is 65.5 Å².